The Morgan fingerprint density at radius 3 is 2.75 bits per heavy atom. The number of aliphatic hydroxyl groups is 1. The number of amides is 1. The second-order valence-corrected chi connectivity index (χ2v) is 9.61. The van der Waals surface area contributed by atoms with E-state index in [-0.39, 0.29) is 28.5 Å². The van der Waals surface area contributed by atoms with Crippen molar-refractivity contribution in [2.75, 3.05) is 47.4 Å². The molecule has 0 unspecified atom stereocenters. The topological polar surface area (TPSA) is 99.2 Å². The predicted octanol–water partition coefficient (Wildman–Crippen LogP) is 0.522. The maximum atomic E-state index is 13.3. The Hall–Kier alpha value is -1.68. The van der Waals surface area contributed by atoms with E-state index >= 15 is 0 Å². The number of nitrogens with one attached hydrogen (secondary N) is 1. The van der Waals surface area contributed by atoms with Crippen LogP contribution in [-0.2, 0) is 10.0 Å². The molecule has 2 aliphatic heterocycles. The number of hydrogen-bond acceptors (Lipinski definition) is 6. The molecule has 156 valence electrons. The lowest BCUT2D eigenvalue weighted by Crippen LogP contribution is -2.62. The van der Waals surface area contributed by atoms with E-state index in [9.17, 15) is 18.3 Å². The second-order valence-electron chi connectivity index (χ2n) is 7.67. The summed E-state index contributed by atoms with van der Waals surface area (Å²) in [6, 6.07) is 4.32. The first-order valence-corrected chi connectivity index (χ1v) is 10.9. The Bertz CT molecular complexity index is 844. The standard InChI is InChI=1S/C19H29N3O5S/c1-20-18(24)15-11-14(5-6-16(15)27-3)28(25,26)22-10-8-19(13-23)7-4-9-21(2)17(19)12-22/h5-6,11,17,23H,4,7-10,12-13H2,1-3H3,(H,20,24)/t17-,19-/m1/s1. The van der Waals surface area contributed by atoms with Crippen LogP contribution in [0.3, 0.4) is 0 Å². The highest BCUT2D eigenvalue weighted by atomic mass is 32.2. The van der Waals surface area contributed by atoms with Gasteiger partial charge in [-0.05, 0) is 51.1 Å². The number of ether oxygens (including phenoxy) is 1. The van der Waals surface area contributed by atoms with Crippen molar-refractivity contribution in [1.82, 2.24) is 14.5 Å². The summed E-state index contributed by atoms with van der Waals surface area (Å²) in [7, 11) is 1.14. The molecule has 0 aliphatic carbocycles. The van der Waals surface area contributed by atoms with E-state index < -0.39 is 15.9 Å². The molecule has 9 heteroatoms. The summed E-state index contributed by atoms with van der Waals surface area (Å²) in [5, 5.41) is 12.5. The van der Waals surface area contributed by atoms with E-state index in [0.29, 0.717) is 25.3 Å². The average molecular weight is 412 g/mol. The number of nitrogens with zero attached hydrogens (tertiary/aromatic N) is 2. The number of likely N-dealkylation sites (N-methyl/N-ethyl adjacent to an activating group) is 1. The Balaban J connectivity index is 1.92. The van der Waals surface area contributed by atoms with Crippen LogP contribution in [0.1, 0.15) is 29.6 Å². The average Bonchev–Trinajstić information content (AvgIpc) is 2.72. The van der Waals surface area contributed by atoms with Crippen molar-refractivity contribution >= 4 is 15.9 Å². The van der Waals surface area contributed by atoms with Gasteiger partial charge >= 0.3 is 0 Å². The molecular weight excluding hydrogens is 382 g/mol. The number of rotatable bonds is 5. The molecule has 0 aromatic heterocycles. The van der Waals surface area contributed by atoms with Crippen LogP contribution in [0.5, 0.6) is 5.75 Å². The number of carbonyl (C=O) groups is 1. The van der Waals surface area contributed by atoms with Crippen LogP contribution >= 0.6 is 0 Å². The summed E-state index contributed by atoms with van der Waals surface area (Å²) in [4.78, 5) is 14.4. The van der Waals surface area contributed by atoms with Gasteiger partial charge in [-0.15, -0.1) is 0 Å². The molecule has 2 aliphatic rings. The van der Waals surface area contributed by atoms with E-state index in [4.69, 9.17) is 4.74 Å². The zero-order chi connectivity index (χ0) is 20.5. The van der Waals surface area contributed by atoms with E-state index in [2.05, 4.69) is 10.2 Å². The lowest BCUT2D eigenvalue weighted by atomic mass is 9.69. The molecule has 2 fully saturated rings. The Morgan fingerprint density at radius 1 is 1.36 bits per heavy atom. The van der Waals surface area contributed by atoms with E-state index in [1.807, 2.05) is 7.05 Å². The SMILES string of the molecule is CNC(=O)c1cc(S(=O)(=O)N2CC[C@@]3(CO)CCCN(C)[C@@H]3C2)ccc1OC. The third-order valence-corrected chi connectivity index (χ3v) is 8.12. The number of carbonyl (C=O) groups excluding carboxylic acids is 1. The lowest BCUT2D eigenvalue weighted by molar-refractivity contribution is -0.0508. The summed E-state index contributed by atoms with van der Waals surface area (Å²) in [6.07, 6.45) is 2.54. The van der Waals surface area contributed by atoms with Gasteiger partial charge in [0.25, 0.3) is 5.91 Å². The zero-order valence-electron chi connectivity index (χ0n) is 16.6. The van der Waals surface area contributed by atoms with E-state index in [1.54, 1.807) is 0 Å². The minimum atomic E-state index is -3.77. The van der Waals surface area contributed by atoms with Crippen molar-refractivity contribution < 1.29 is 23.1 Å². The highest BCUT2D eigenvalue weighted by Crippen LogP contribution is 2.42. The van der Waals surface area contributed by atoms with Crippen molar-refractivity contribution in [2.24, 2.45) is 5.41 Å². The third-order valence-electron chi connectivity index (χ3n) is 6.26. The summed E-state index contributed by atoms with van der Waals surface area (Å²) in [6.45, 7) is 1.65. The maximum Gasteiger partial charge on any atom is 0.254 e. The zero-order valence-corrected chi connectivity index (χ0v) is 17.5. The van der Waals surface area contributed by atoms with Crippen LogP contribution in [0.2, 0.25) is 0 Å². The minimum Gasteiger partial charge on any atom is -0.496 e. The van der Waals surface area contributed by atoms with Gasteiger partial charge in [0.05, 0.1) is 24.2 Å². The van der Waals surface area contributed by atoms with Gasteiger partial charge in [0.1, 0.15) is 5.75 Å². The van der Waals surface area contributed by atoms with Crippen molar-refractivity contribution in [1.29, 1.82) is 0 Å². The van der Waals surface area contributed by atoms with Crippen LogP contribution in [-0.4, -0.2) is 82.1 Å². The second kappa shape index (κ2) is 7.98. The Morgan fingerprint density at radius 2 is 2.11 bits per heavy atom. The van der Waals surface area contributed by atoms with Crippen LogP contribution < -0.4 is 10.1 Å². The van der Waals surface area contributed by atoms with Crippen molar-refractivity contribution in [3.63, 3.8) is 0 Å². The number of fused-ring (bicyclic) bond motifs is 1. The van der Waals surface area contributed by atoms with Crippen molar-refractivity contribution in [3.05, 3.63) is 23.8 Å². The molecule has 2 N–H and O–H groups in total. The fourth-order valence-electron chi connectivity index (χ4n) is 4.52. The fraction of sp³-hybridized carbons (Fsp3) is 0.632. The number of aliphatic hydroxyl groups excluding tert-OH is 1. The van der Waals surface area contributed by atoms with Gasteiger partial charge in [-0.2, -0.15) is 4.31 Å². The van der Waals surface area contributed by atoms with E-state index in [0.717, 1.165) is 19.4 Å². The molecule has 0 bridgehead atoms. The molecule has 1 aromatic carbocycles. The molecule has 0 radical (unpaired) electrons. The summed E-state index contributed by atoms with van der Waals surface area (Å²) >= 11 is 0. The number of benzene rings is 1. The molecule has 3 rings (SSSR count). The molecular formula is C19H29N3O5S. The first-order chi connectivity index (χ1) is 13.3. The monoisotopic (exact) mass is 411 g/mol. The van der Waals surface area contributed by atoms with Crippen LogP contribution in [0.4, 0.5) is 0 Å². The molecule has 28 heavy (non-hydrogen) atoms. The van der Waals surface area contributed by atoms with Crippen LogP contribution in [0.25, 0.3) is 0 Å². The minimum absolute atomic E-state index is 0.0218. The van der Waals surface area contributed by atoms with Gasteiger partial charge in [0, 0.05) is 31.6 Å². The molecule has 8 nitrogen and oxygen atoms in total. The molecule has 1 amide bonds. The summed E-state index contributed by atoms with van der Waals surface area (Å²) in [5.74, 6) is -0.0814. The number of hydrogen-bond donors (Lipinski definition) is 2. The van der Waals surface area contributed by atoms with Crippen molar-refractivity contribution in [3.8, 4) is 5.75 Å². The smallest absolute Gasteiger partial charge is 0.254 e. The third kappa shape index (κ3) is 3.52. The van der Waals surface area contributed by atoms with Crippen molar-refractivity contribution in [2.45, 2.75) is 30.2 Å². The van der Waals surface area contributed by atoms with Gasteiger partial charge in [-0.3, -0.25) is 4.79 Å². The molecule has 0 saturated carbocycles. The van der Waals surface area contributed by atoms with Gasteiger partial charge in [-0.1, -0.05) is 0 Å². The molecule has 2 heterocycles. The number of sulfonamides is 1. The predicted molar refractivity (Wildman–Crippen MR) is 105 cm³/mol. The fourth-order valence-corrected chi connectivity index (χ4v) is 5.99. The summed E-state index contributed by atoms with van der Waals surface area (Å²) in [5.41, 5.74) is -0.0609. The molecule has 2 atom stereocenters. The van der Waals surface area contributed by atoms with Gasteiger partial charge in [0.2, 0.25) is 10.0 Å². The lowest BCUT2D eigenvalue weighted by Gasteiger charge is -2.53. The number of methoxy groups -OCH3 is 1. The number of likely N-dealkylation sites (tertiary alicyclic amines) is 1. The van der Waals surface area contributed by atoms with Gasteiger partial charge in [-0.25, -0.2) is 8.42 Å². The van der Waals surface area contributed by atoms with Gasteiger partial charge < -0.3 is 20.1 Å². The molecule has 0 spiro atoms. The highest BCUT2D eigenvalue weighted by molar-refractivity contribution is 7.89. The maximum absolute atomic E-state index is 13.3. The van der Waals surface area contributed by atoms with Crippen LogP contribution in [0.15, 0.2) is 23.1 Å². The normalized spacial score (nSPS) is 26.5. The summed E-state index contributed by atoms with van der Waals surface area (Å²) < 4.78 is 33.3. The Kier molecular flexibility index (Phi) is 6.00. The highest BCUT2D eigenvalue weighted by Gasteiger charge is 2.48. The van der Waals surface area contributed by atoms with E-state index in [1.165, 1.54) is 36.7 Å². The van der Waals surface area contributed by atoms with Crippen LogP contribution in [0, 0.1) is 5.41 Å². The first kappa shape index (κ1) is 21.0. The largest absolute Gasteiger partial charge is 0.496 e. The quantitative estimate of drug-likeness (QED) is 0.733. The molecule has 1 aromatic rings. The number of piperidine rings is 2. The van der Waals surface area contributed by atoms with Gasteiger partial charge in [0.15, 0.2) is 0 Å². The Labute approximate surface area is 166 Å². The first-order valence-electron chi connectivity index (χ1n) is 9.50. The molecule has 2 saturated heterocycles.